The molecular formula is C18H14Cl2N2O4. The van der Waals surface area contributed by atoms with Crippen molar-refractivity contribution in [3.8, 4) is 11.5 Å². The number of halogens is 2. The number of hydrogen-bond donors (Lipinski definition) is 2. The van der Waals surface area contributed by atoms with Gasteiger partial charge in [0.05, 0.1) is 10.0 Å². The van der Waals surface area contributed by atoms with E-state index >= 15 is 0 Å². The maximum atomic E-state index is 12.1. The maximum absolute atomic E-state index is 12.1. The fourth-order valence-electron chi connectivity index (χ4n) is 2.18. The summed E-state index contributed by atoms with van der Waals surface area (Å²) in [5.41, 5.74) is 5.27. The van der Waals surface area contributed by atoms with Crippen molar-refractivity contribution < 1.29 is 19.1 Å². The lowest BCUT2D eigenvalue weighted by atomic mass is 10.2. The Hall–Kier alpha value is -2.70. The summed E-state index contributed by atoms with van der Waals surface area (Å²) >= 11 is 11.7. The quantitative estimate of drug-likeness (QED) is 0.621. The fraction of sp³-hybridized carbons (Fsp3) is 0.111. The van der Waals surface area contributed by atoms with E-state index in [9.17, 15) is 9.59 Å². The average molecular weight is 393 g/mol. The highest BCUT2D eigenvalue weighted by molar-refractivity contribution is 6.42. The molecule has 2 amide bonds. The molecule has 134 valence electrons. The van der Waals surface area contributed by atoms with E-state index in [0.717, 1.165) is 0 Å². The minimum Gasteiger partial charge on any atom is -0.485 e. The molecule has 2 N–H and O–H groups in total. The number of ether oxygens (including phenoxy) is 2. The molecule has 0 saturated heterocycles. The van der Waals surface area contributed by atoms with E-state index in [1.54, 1.807) is 42.5 Å². The molecule has 1 aliphatic rings. The second-order valence-corrected chi connectivity index (χ2v) is 6.16. The molecule has 26 heavy (non-hydrogen) atoms. The molecule has 0 fully saturated rings. The molecular weight excluding hydrogens is 379 g/mol. The lowest BCUT2D eigenvalue weighted by molar-refractivity contribution is -0.134. The van der Waals surface area contributed by atoms with Gasteiger partial charge in [-0.3, -0.25) is 20.4 Å². The third-order valence-electron chi connectivity index (χ3n) is 3.48. The SMILES string of the molecule is O=C(C=Cc1ccc(Cl)c(Cl)c1)NNC(=O)C1COc2ccccc2O1. The molecule has 0 aliphatic carbocycles. The minimum absolute atomic E-state index is 0.0534. The Morgan fingerprint density at radius 1 is 1.04 bits per heavy atom. The molecule has 0 saturated carbocycles. The molecule has 3 rings (SSSR count). The molecule has 0 bridgehead atoms. The van der Waals surface area contributed by atoms with E-state index in [4.69, 9.17) is 32.7 Å². The zero-order chi connectivity index (χ0) is 18.5. The number of fused-ring (bicyclic) bond motifs is 1. The monoisotopic (exact) mass is 392 g/mol. The number of carbonyl (C=O) groups excluding carboxylic acids is 2. The fourth-order valence-corrected chi connectivity index (χ4v) is 2.49. The highest BCUT2D eigenvalue weighted by Crippen LogP contribution is 2.30. The van der Waals surface area contributed by atoms with Gasteiger partial charge in [-0.2, -0.15) is 0 Å². The predicted octanol–water partition coefficient (Wildman–Crippen LogP) is 2.99. The van der Waals surface area contributed by atoms with Crippen LogP contribution in [0.3, 0.4) is 0 Å². The van der Waals surface area contributed by atoms with Gasteiger partial charge in [0.15, 0.2) is 11.5 Å². The van der Waals surface area contributed by atoms with Crippen molar-refractivity contribution >= 4 is 41.1 Å². The third-order valence-corrected chi connectivity index (χ3v) is 4.22. The summed E-state index contributed by atoms with van der Waals surface area (Å²) in [6, 6.07) is 12.0. The number of para-hydroxylation sites is 2. The molecule has 1 aliphatic heterocycles. The molecule has 1 heterocycles. The van der Waals surface area contributed by atoms with Gasteiger partial charge in [0.2, 0.25) is 6.10 Å². The average Bonchev–Trinajstić information content (AvgIpc) is 2.66. The summed E-state index contributed by atoms with van der Waals surface area (Å²) in [6.45, 7) is 0.0534. The lowest BCUT2D eigenvalue weighted by Gasteiger charge is -2.25. The third kappa shape index (κ3) is 4.47. The highest BCUT2D eigenvalue weighted by atomic mass is 35.5. The van der Waals surface area contributed by atoms with Crippen molar-refractivity contribution in [2.75, 3.05) is 6.61 Å². The van der Waals surface area contributed by atoms with E-state index in [-0.39, 0.29) is 6.61 Å². The molecule has 0 spiro atoms. The van der Waals surface area contributed by atoms with Gasteiger partial charge in [-0.05, 0) is 35.9 Å². The first-order valence-corrected chi connectivity index (χ1v) is 8.40. The first kappa shape index (κ1) is 18.1. The van der Waals surface area contributed by atoms with Crippen LogP contribution in [0.15, 0.2) is 48.5 Å². The number of amides is 2. The number of nitrogens with one attached hydrogen (secondary N) is 2. The van der Waals surface area contributed by atoms with Crippen molar-refractivity contribution in [1.82, 2.24) is 10.9 Å². The Morgan fingerprint density at radius 3 is 2.58 bits per heavy atom. The molecule has 0 radical (unpaired) electrons. The summed E-state index contributed by atoms with van der Waals surface area (Å²) in [7, 11) is 0. The second-order valence-electron chi connectivity index (χ2n) is 5.35. The molecule has 2 aromatic carbocycles. The van der Waals surface area contributed by atoms with E-state index in [2.05, 4.69) is 10.9 Å². The van der Waals surface area contributed by atoms with Crippen LogP contribution in [0, 0.1) is 0 Å². The van der Waals surface area contributed by atoms with Crippen LogP contribution in [0.25, 0.3) is 6.08 Å². The van der Waals surface area contributed by atoms with Crippen LogP contribution < -0.4 is 20.3 Å². The first-order chi connectivity index (χ1) is 12.5. The number of rotatable bonds is 3. The van der Waals surface area contributed by atoms with Crippen molar-refractivity contribution in [3.63, 3.8) is 0 Å². The predicted molar refractivity (Wildman–Crippen MR) is 98.1 cm³/mol. The topological polar surface area (TPSA) is 76.7 Å². The van der Waals surface area contributed by atoms with Crippen molar-refractivity contribution in [2.45, 2.75) is 6.10 Å². The molecule has 1 unspecified atom stereocenters. The summed E-state index contributed by atoms with van der Waals surface area (Å²) in [5, 5.41) is 0.814. The smallest absolute Gasteiger partial charge is 0.283 e. The second kappa shape index (κ2) is 8.12. The lowest BCUT2D eigenvalue weighted by Crippen LogP contribution is -2.50. The van der Waals surface area contributed by atoms with Gasteiger partial charge in [0, 0.05) is 6.08 Å². The Morgan fingerprint density at radius 2 is 1.81 bits per heavy atom. The van der Waals surface area contributed by atoms with Crippen molar-refractivity contribution in [1.29, 1.82) is 0 Å². The Bertz CT molecular complexity index is 870. The normalized spacial score (nSPS) is 15.5. The van der Waals surface area contributed by atoms with Gasteiger partial charge < -0.3 is 9.47 Å². The van der Waals surface area contributed by atoms with Crippen LogP contribution in [0.5, 0.6) is 11.5 Å². The minimum atomic E-state index is -0.857. The summed E-state index contributed by atoms with van der Waals surface area (Å²) in [4.78, 5) is 23.9. The molecule has 8 heteroatoms. The van der Waals surface area contributed by atoms with Crippen molar-refractivity contribution in [3.05, 3.63) is 64.1 Å². The van der Waals surface area contributed by atoms with Crippen LogP contribution in [0.1, 0.15) is 5.56 Å². The molecule has 6 nitrogen and oxygen atoms in total. The number of hydrogen-bond acceptors (Lipinski definition) is 4. The maximum Gasteiger partial charge on any atom is 0.283 e. The van der Waals surface area contributed by atoms with Crippen molar-refractivity contribution in [2.24, 2.45) is 0 Å². The van der Waals surface area contributed by atoms with E-state index < -0.39 is 17.9 Å². The van der Waals surface area contributed by atoms with Gasteiger partial charge in [-0.15, -0.1) is 0 Å². The highest BCUT2D eigenvalue weighted by Gasteiger charge is 2.27. The van der Waals surface area contributed by atoms with Gasteiger partial charge in [0.1, 0.15) is 6.61 Å². The number of carbonyl (C=O) groups is 2. The Kier molecular flexibility index (Phi) is 5.65. The summed E-state index contributed by atoms with van der Waals surface area (Å²) in [6.07, 6.45) is 1.94. The molecule has 0 aromatic heterocycles. The van der Waals surface area contributed by atoms with E-state index in [0.29, 0.717) is 27.1 Å². The largest absolute Gasteiger partial charge is 0.485 e. The summed E-state index contributed by atoms with van der Waals surface area (Å²) in [5.74, 6) is 0.0206. The zero-order valence-corrected chi connectivity index (χ0v) is 14.9. The van der Waals surface area contributed by atoms with Crippen LogP contribution in [-0.2, 0) is 9.59 Å². The van der Waals surface area contributed by atoms with Gasteiger partial charge >= 0.3 is 0 Å². The first-order valence-electron chi connectivity index (χ1n) is 7.64. The van der Waals surface area contributed by atoms with Gasteiger partial charge in [0.25, 0.3) is 11.8 Å². The zero-order valence-electron chi connectivity index (χ0n) is 13.4. The molecule has 2 aromatic rings. The van der Waals surface area contributed by atoms with E-state index in [1.165, 1.54) is 6.08 Å². The number of benzene rings is 2. The number of hydrazine groups is 1. The van der Waals surface area contributed by atoms with Crippen LogP contribution in [0.2, 0.25) is 10.0 Å². The van der Waals surface area contributed by atoms with Gasteiger partial charge in [-0.1, -0.05) is 41.4 Å². The molecule has 1 atom stereocenters. The van der Waals surface area contributed by atoms with Crippen LogP contribution in [-0.4, -0.2) is 24.5 Å². The van der Waals surface area contributed by atoms with Crippen LogP contribution >= 0.6 is 23.2 Å². The van der Waals surface area contributed by atoms with Gasteiger partial charge in [-0.25, -0.2) is 0 Å². The Labute approximate surface area is 159 Å². The van der Waals surface area contributed by atoms with Crippen LogP contribution in [0.4, 0.5) is 0 Å². The summed E-state index contributed by atoms with van der Waals surface area (Å²) < 4.78 is 11.0. The Balaban J connectivity index is 1.50. The van der Waals surface area contributed by atoms with E-state index in [1.807, 2.05) is 6.07 Å². The standard InChI is InChI=1S/C18H14Cl2N2O4/c19-12-7-5-11(9-13(12)20)6-8-17(23)21-22-18(24)16-10-25-14-3-1-2-4-15(14)26-16/h1-9,16H,10H2,(H,21,23)(H,22,24).